The number of H-pyrrole nitrogens is 1. The number of carbonyl (C=O) groups is 1. The van der Waals surface area contributed by atoms with Crippen LogP contribution in [0.4, 0.5) is 5.95 Å². The lowest BCUT2D eigenvalue weighted by molar-refractivity contribution is -0.135. The summed E-state index contributed by atoms with van der Waals surface area (Å²) < 4.78 is 0. The SMILES string of the molecule is C[C@@]1(c2ccccc2)CCC(=O)N(CCc2nc(N)n[nH]2)C1. The molecule has 1 amide bonds. The number of benzene rings is 1. The molecule has 1 aromatic heterocycles. The van der Waals surface area contributed by atoms with Gasteiger partial charge >= 0.3 is 0 Å². The molecule has 0 bridgehead atoms. The summed E-state index contributed by atoms with van der Waals surface area (Å²) in [5, 5.41) is 6.60. The quantitative estimate of drug-likeness (QED) is 0.895. The molecular formula is C16H21N5O. The first-order valence-electron chi connectivity index (χ1n) is 7.57. The van der Waals surface area contributed by atoms with Gasteiger partial charge in [0.05, 0.1) is 0 Å². The van der Waals surface area contributed by atoms with Crippen LogP contribution >= 0.6 is 0 Å². The monoisotopic (exact) mass is 299 g/mol. The number of nitrogens with one attached hydrogen (secondary N) is 1. The van der Waals surface area contributed by atoms with Crippen molar-refractivity contribution in [3.8, 4) is 0 Å². The first-order valence-corrected chi connectivity index (χ1v) is 7.57. The second-order valence-corrected chi connectivity index (χ2v) is 6.13. The predicted molar refractivity (Wildman–Crippen MR) is 84.1 cm³/mol. The molecule has 0 saturated carbocycles. The molecule has 6 nitrogen and oxygen atoms in total. The van der Waals surface area contributed by atoms with Gasteiger partial charge < -0.3 is 10.6 Å². The molecule has 6 heteroatoms. The van der Waals surface area contributed by atoms with Gasteiger partial charge in [-0.05, 0) is 12.0 Å². The molecule has 2 aromatic rings. The van der Waals surface area contributed by atoms with Gasteiger partial charge in [0.1, 0.15) is 5.82 Å². The van der Waals surface area contributed by atoms with Gasteiger partial charge in [0.2, 0.25) is 11.9 Å². The van der Waals surface area contributed by atoms with E-state index in [1.807, 2.05) is 11.0 Å². The van der Waals surface area contributed by atoms with Gasteiger partial charge in [0, 0.05) is 31.3 Å². The first-order chi connectivity index (χ1) is 10.6. The van der Waals surface area contributed by atoms with Crippen molar-refractivity contribution < 1.29 is 4.79 Å². The summed E-state index contributed by atoms with van der Waals surface area (Å²) in [4.78, 5) is 18.2. The number of amides is 1. The molecule has 0 radical (unpaired) electrons. The molecular weight excluding hydrogens is 278 g/mol. The Bertz CT molecular complexity index is 654. The van der Waals surface area contributed by atoms with E-state index in [1.54, 1.807) is 0 Å². The highest BCUT2D eigenvalue weighted by atomic mass is 16.2. The summed E-state index contributed by atoms with van der Waals surface area (Å²) in [6, 6.07) is 10.4. The highest BCUT2D eigenvalue weighted by molar-refractivity contribution is 5.77. The Morgan fingerprint density at radius 2 is 2.14 bits per heavy atom. The molecule has 1 aliphatic rings. The third-order valence-corrected chi connectivity index (χ3v) is 4.42. The number of aromatic amines is 1. The van der Waals surface area contributed by atoms with E-state index >= 15 is 0 Å². The third kappa shape index (κ3) is 2.95. The van der Waals surface area contributed by atoms with E-state index in [9.17, 15) is 4.79 Å². The Morgan fingerprint density at radius 3 is 2.82 bits per heavy atom. The van der Waals surface area contributed by atoms with E-state index in [4.69, 9.17) is 5.73 Å². The highest BCUT2D eigenvalue weighted by Crippen LogP contribution is 2.33. The van der Waals surface area contributed by atoms with Crippen molar-refractivity contribution in [3.05, 3.63) is 41.7 Å². The minimum Gasteiger partial charge on any atom is -0.367 e. The van der Waals surface area contributed by atoms with Crippen LogP contribution in [-0.2, 0) is 16.6 Å². The van der Waals surface area contributed by atoms with Crippen LogP contribution in [0.3, 0.4) is 0 Å². The van der Waals surface area contributed by atoms with Gasteiger partial charge in [0.25, 0.3) is 0 Å². The molecule has 3 rings (SSSR count). The zero-order valence-electron chi connectivity index (χ0n) is 12.7. The summed E-state index contributed by atoms with van der Waals surface area (Å²) in [6.45, 7) is 3.60. The third-order valence-electron chi connectivity index (χ3n) is 4.42. The van der Waals surface area contributed by atoms with Crippen LogP contribution in [0.2, 0.25) is 0 Å². The van der Waals surface area contributed by atoms with Crippen LogP contribution in [-0.4, -0.2) is 39.1 Å². The van der Waals surface area contributed by atoms with Crippen molar-refractivity contribution in [2.24, 2.45) is 0 Å². The fourth-order valence-corrected chi connectivity index (χ4v) is 3.07. The largest absolute Gasteiger partial charge is 0.367 e. The number of carbonyl (C=O) groups excluding carboxylic acids is 1. The van der Waals surface area contributed by atoms with Gasteiger partial charge in [0.15, 0.2) is 0 Å². The lowest BCUT2D eigenvalue weighted by atomic mass is 9.75. The molecule has 1 atom stereocenters. The number of hydrogen-bond acceptors (Lipinski definition) is 4. The molecule has 0 unspecified atom stereocenters. The number of nitrogens with zero attached hydrogens (tertiary/aromatic N) is 3. The molecule has 22 heavy (non-hydrogen) atoms. The lowest BCUT2D eigenvalue weighted by Crippen LogP contribution is -2.48. The molecule has 1 aromatic carbocycles. The number of rotatable bonds is 4. The number of nitrogens with two attached hydrogens (primary N) is 1. The maximum atomic E-state index is 12.2. The van der Waals surface area contributed by atoms with Gasteiger partial charge in [-0.3, -0.25) is 9.89 Å². The van der Waals surface area contributed by atoms with E-state index in [0.717, 1.165) is 18.8 Å². The zero-order valence-corrected chi connectivity index (χ0v) is 12.7. The van der Waals surface area contributed by atoms with Crippen molar-refractivity contribution in [2.75, 3.05) is 18.8 Å². The number of nitrogen functional groups attached to an aromatic ring is 1. The number of aromatic nitrogens is 3. The van der Waals surface area contributed by atoms with Crippen LogP contribution in [0.1, 0.15) is 31.2 Å². The minimum absolute atomic E-state index is 0.00954. The van der Waals surface area contributed by atoms with Crippen LogP contribution in [0.25, 0.3) is 0 Å². The summed E-state index contributed by atoms with van der Waals surface area (Å²) in [5.41, 5.74) is 6.80. The van der Waals surface area contributed by atoms with E-state index in [0.29, 0.717) is 19.4 Å². The average molecular weight is 299 g/mol. The number of hydrogen-bond donors (Lipinski definition) is 2. The molecule has 116 valence electrons. The number of anilines is 1. The maximum Gasteiger partial charge on any atom is 0.239 e. The second kappa shape index (κ2) is 5.79. The maximum absolute atomic E-state index is 12.2. The smallest absolute Gasteiger partial charge is 0.239 e. The van der Waals surface area contributed by atoms with Crippen molar-refractivity contribution in [2.45, 2.75) is 31.6 Å². The van der Waals surface area contributed by atoms with E-state index in [-0.39, 0.29) is 17.3 Å². The Hall–Kier alpha value is -2.37. The molecule has 0 aliphatic carbocycles. The lowest BCUT2D eigenvalue weighted by Gasteiger charge is -2.40. The first kappa shape index (κ1) is 14.6. The van der Waals surface area contributed by atoms with Crippen molar-refractivity contribution in [1.29, 1.82) is 0 Å². The molecule has 2 heterocycles. The van der Waals surface area contributed by atoms with Crippen molar-refractivity contribution >= 4 is 11.9 Å². The summed E-state index contributed by atoms with van der Waals surface area (Å²) in [7, 11) is 0. The standard InChI is InChI=1S/C16H21N5O/c1-16(12-5-3-2-4-6-12)9-7-14(22)21(11-16)10-8-13-18-15(17)20-19-13/h2-6H,7-11H2,1H3,(H3,17,18,19,20)/t16-/m1/s1. The molecule has 0 spiro atoms. The molecule has 1 saturated heterocycles. The van der Waals surface area contributed by atoms with Crippen LogP contribution in [0.5, 0.6) is 0 Å². The highest BCUT2D eigenvalue weighted by Gasteiger charge is 2.35. The predicted octanol–water partition coefficient (Wildman–Crippen LogP) is 1.51. The van der Waals surface area contributed by atoms with Crippen molar-refractivity contribution in [1.82, 2.24) is 20.1 Å². The van der Waals surface area contributed by atoms with Crippen LogP contribution in [0, 0.1) is 0 Å². The Balaban J connectivity index is 1.69. The topological polar surface area (TPSA) is 87.9 Å². The van der Waals surface area contributed by atoms with Crippen LogP contribution in [0.15, 0.2) is 30.3 Å². The average Bonchev–Trinajstić information content (AvgIpc) is 2.95. The van der Waals surface area contributed by atoms with Gasteiger partial charge in [-0.25, -0.2) is 0 Å². The fourth-order valence-electron chi connectivity index (χ4n) is 3.07. The fraction of sp³-hybridized carbons (Fsp3) is 0.438. The number of likely N-dealkylation sites (tertiary alicyclic amines) is 1. The second-order valence-electron chi connectivity index (χ2n) is 6.13. The Morgan fingerprint density at radius 1 is 1.36 bits per heavy atom. The summed E-state index contributed by atoms with van der Waals surface area (Å²) in [5.74, 6) is 1.17. The summed E-state index contributed by atoms with van der Waals surface area (Å²) in [6.07, 6.45) is 2.12. The van der Waals surface area contributed by atoms with Crippen molar-refractivity contribution in [3.63, 3.8) is 0 Å². The van der Waals surface area contributed by atoms with Gasteiger partial charge in [-0.1, -0.05) is 37.3 Å². The van der Waals surface area contributed by atoms with Gasteiger partial charge in [-0.15, -0.1) is 5.10 Å². The van der Waals surface area contributed by atoms with Crippen LogP contribution < -0.4 is 5.73 Å². The number of piperidine rings is 1. The molecule has 1 fully saturated rings. The molecule has 3 N–H and O–H groups in total. The summed E-state index contributed by atoms with van der Waals surface area (Å²) >= 11 is 0. The zero-order chi connectivity index (χ0) is 15.6. The Kier molecular flexibility index (Phi) is 3.83. The normalized spacial score (nSPS) is 22.0. The molecule has 1 aliphatic heterocycles. The van der Waals surface area contributed by atoms with E-state index in [1.165, 1.54) is 5.56 Å². The Labute approximate surface area is 129 Å². The minimum atomic E-state index is 0.00954. The van der Waals surface area contributed by atoms with E-state index in [2.05, 4.69) is 46.4 Å². The van der Waals surface area contributed by atoms with Gasteiger partial charge in [-0.2, -0.15) is 4.98 Å². The van der Waals surface area contributed by atoms with E-state index < -0.39 is 0 Å².